The SMILES string of the molecule is CCCCCCCOc1ccc(-c2cnc(-c3ccc(CC(NC(=O)c4ccc(C(C)(C)C)s4)C(=O)N4CC(N(C)C)C4)cc3)nc2)cc1. The van der Waals surface area contributed by atoms with Crippen molar-refractivity contribution in [3.8, 4) is 28.3 Å². The van der Waals surface area contributed by atoms with Crippen LogP contribution in [-0.4, -0.2) is 77.5 Å². The Labute approximate surface area is 295 Å². The van der Waals surface area contributed by atoms with Gasteiger partial charge in [-0.1, -0.05) is 89.8 Å². The lowest BCUT2D eigenvalue weighted by Crippen LogP contribution is -2.63. The van der Waals surface area contributed by atoms with E-state index < -0.39 is 6.04 Å². The number of thiophene rings is 1. The van der Waals surface area contributed by atoms with Crippen LogP contribution in [0.4, 0.5) is 0 Å². The molecule has 0 aliphatic carbocycles. The number of carbonyl (C=O) groups is 2. The quantitative estimate of drug-likeness (QED) is 0.130. The minimum absolute atomic E-state index is 0.0449. The summed E-state index contributed by atoms with van der Waals surface area (Å²) in [5.74, 6) is 1.24. The van der Waals surface area contributed by atoms with Crippen molar-refractivity contribution in [2.24, 2.45) is 0 Å². The highest BCUT2D eigenvalue weighted by Gasteiger charge is 2.36. The fourth-order valence-corrected chi connectivity index (χ4v) is 6.73. The molecular formula is C40H51N5O3S. The third-order valence-electron chi connectivity index (χ3n) is 9.08. The Hall–Kier alpha value is -4.08. The molecule has 0 saturated carbocycles. The van der Waals surface area contributed by atoms with Crippen LogP contribution in [0, 0.1) is 0 Å². The summed E-state index contributed by atoms with van der Waals surface area (Å²) in [6.07, 6.45) is 10.2. The summed E-state index contributed by atoms with van der Waals surface area (Å²) in [5.41, 5.74) is 3.76. The van der Waals surface area contributed by atoms with Gasteiger partial charge in [0.2, 0.25) is 5.91 Å². The molecule has 1 aliphatic rings. The van der Waals surface area contributed by atoms with Crippen molar-refractivity contribution in [2.75, 3.05) is 33.8 Å². The van der Waals surface area contributed by atoms with Crippen LogP contribution in [0.1, 0.15) is 79.9 Å². The van der Waals surface area contributed by atoms with E-state index in [4.69, 9.17) is 4.74 Å². The average Bonchev–Trinajstić information content (AvgIpc) is 3.58. The summed E-state index contributed by atoms with van der Waals surface area (Å²) >= 11 is 1.48. The zero-order chi connectivity index (χ0) is 35.0. The fraction of sp³-hybridized carbons (Fsp3) is 0.450. The number of aromatic nitrogens is 2. The first kappa shape index (κ1) is 36.2. The summed E-state index contributed by atoms with van der Waals surface area (Å²) in [5, 5.41) is 3.06. The molecule has 260 valence electrons. The Kier molecular flexibility index (Phi) is 12.2. The van der Waals surface area contributed by atoms with Gasteiger partial charge in [-0.25, -0.2) is 9.97 Å². The van der Waals surface area contributed by atoms with E-state index in [0.717, 1.165) is 45.9 Å². The van der Waals surface area contributed by atoms with Gasteiger partial charge >= 0.3 is 0 Å². The second kappa shape index (κ2) is 16.5. The van der Waals surface area contributed by atoms with E-state index in [1.165, 1.54) is 37.0 Å². The van der Waals surface area contributed by atoms with Crippen molar-refractivity contribution in [1.82, 2.24) is 25.1 Å². The lowest BCUT2D eigenvalue weighted by atomic mass is 9.95. The largest absolute Gasteiger partial charge is 0.494 e. The number of nitrogens with zero attached hydrogens (tertiary/aromatic N) is 4. The highest BCUT2D eigenvalue weighted by Crippen LogP contribution is 2.30. The van der Waals surface area contributed by atoms with Crippen LogP contribution >= 0.6 is 11.3 Å². The molecule has 0 spiro atoms. The molecule has 9 heteroatoms. The number of ether oxygens (including phenoxy) is 1. The zero-order valence-electron chi connectivity index (χ0n) is 29.9. The normalized spacial score (nSPS) is 14.1. The second-order valence-electron chi connectivity index (χ2n) is 14.3. The molecule has 4 aromatic rings. The molecule has 1 unspecified atom stereocenters. The third-order valence-corrected chi connectivity index (χ3v) is 10.6. The number of hydrogen-bond acceptors (Lipinski definition) is 7. The molecule has 2 aromatic heterocycles. The molecular weight excluding hydrogens is 631 g/mol. The van der Waals surface area contributed by atoms with Crippen LogP contribution < -0.4 is 10.1 Å². The number of unbranched alkanes of at least 4 members (excludes halogenated alkanes) is 4. The maximum Gasteiger partial charge on any atom is 0.262 e. The molecule has 1 N–H and O–H groups in total. The number of likely N-dealkylation sites (tertiary alicyclic amines) is 1. The summed E-state index contributed by atoms with van der Waals surface area (Å²) in [7, 11) is 4.05. The number of likely N-dealkylation sites (N-methyl/N-ethyl adjacent to an activating group) is 1. The van der Waals surface area contributed by atoms with Crippen LogP contribution in [0.25, 0.3) is 22.5 Å². The van der Waals surface area contributed by atoms with Crippen molar-refractivity contribution in [2.45, 2.75) is 83.7 Å². The van der Waals surface area contributed by atoms with Gasteiger partial charge in [0.25, 0.3) is 5.91 Å². The highest BCUT2D eigenvalue weighted by atomic mass is 32.1. The molecule has 0 bridgehead atoms. The molecule has 1 aliphatic heterocycles. The number of benzene rings is 2. The monoisotopic (exact) mass is 681 g/mol. The minimum atomic E-state index is -0.667. The van der Waals surface area contributed by atoms with Crippen molar-refractivity contribution in [3.05, 3.63) is 88.4 Å². The minimum Gasteiger partial charge on any atom is -0.494 e. The first-order valence-corrected chi connectivity index (χ1v) is 18.3. The number of amides is 2. The average molecular weight is 682 g/mol. The standard InChI is InChI=1S/C40H51N5O3S/c1-7-8-9-10-11-22-48-33-18-16-29(17-19-33)31-24-41-37(42-25-31)30-14-12-28(13-15-30)23-34(39(47)45-26-32(27-45)44(5)6)43-38(46)35-20-21-36(49-35)40(2,3)4/h12-21,24-25,32,34H,7-11,22-23,26-27H2,1-6H3,(H,43,46). The molecule has 5 rings (SSSR count). The fourth-order valence-electron chi connectivity index (χ4n) is 5.77. The van der Waals surface area contributed by atoms with E-state index >= 15 is 0 Å². The molecule has 0 radical (unpaired) electrons. The predicted molar refractivity (Wildman–Crippen MR) is 199 cm³/mol. The Morgan fingerprint density at radius 1 is 0.898 bits per heavy atom. The molecule has 1 fully saturated rings. The first-order valence-electron chi connectivity index (χ1n) is 17.5. The molecule has 2 aromatic carbocycles. The highest BCUT2D eigenvalue weighted by molar-refractivity contribution is 7.14. The van der Waals surface area contributed by atoms with E-state index in [2.05, 4.69) is 47.9 Å². The summed E-state index contributed by atoms with van der Waals surface area (Å²) in [4.78, 5) is 42.0. The van der Waals surface area contributed by atoms with E-state index in [9.17, 15) is 9.59 Å². The van der Waals surface area contributed by atoms with Gasteiger partial charge in [0.15, 0.2) is 5.82 Å². The van der Waals surface area contributed by atoms with Crippen LogP contribution in [0.15, 0.2) is 73.1 Å². The third kappa shape index (κ3) is 9.76. The van der Waals surface area contributed by atoms with E-state index in [1.54, 1.807) is 0 Å². The molecule has 1 saturated heterocycles. The Balaban J connectivity index is 1.21. The Morgan fingerprint density at radius 3 is 2.16 bits per heavy atom. The van der Waals surface area contributed by atoms with Gasteiger partial charge in [0.05, 0.1) is 11.5 Å². The Morgan fingerprint density at radius 2 is 1.55 bits per heavy atom. The van der Waals surface area contributed by atoms with Crippen LogP contribution in [0.2, 0.25) is 0 Å². The molecule has 8 nitrogen and oxygen atoms in total. The predicted octanol–water partition coefficient (Wildman–Crippen LogP) is 7.63. The van der Waals surface area contributed by atoms with E-state index in [1.807, 2.05) is 92.1 Å². The van der Waals surface area contributed by atoms with Crippen molar-refractivity contribution >= 4 is 23.2 Å². The lowest BCUT2D eigenvalue weighted by molar-refractivity contribution is -0.140. The van der Waals surface area contributed by atoms with Gasteiger partial charge in [-0.05, 0) is 61.3 Å². The topological polar surface area (TPSA) is 87.7 Å². The van der Waals surface area contributed by atoms with Crippen LogP contribution in [-0.2, 0) is 16.6 Å². The van der Waals surface area contributed by atoms with Crippen LogP contribution in [0.3, 0.4) is 0 Å². The molecule has 2 amide bonds. The van der Waals surface area contributed by atoms with Crippen molar-refractivity contribution in [1.29, 1.82) is 0 Å². The summed E-state index contributed by atoms with van der Waals surface area (Å²) < 4.78 is 5.91. The second-order valence-corrected chi connectivity index (χ2v) is 15.4. The molecule has 3 heterocycles. The van der Waals surface area contributed by atoms with Gasteiger partial charge < -0.3 is 19.9 Å². The number of hydrogen-bond donors (Lipinski definition) is 1. The van der Waals surface area contributed by atoms with E-state index in [0.29, 0.717) is 36.3 Å². The van der Waals surface area contributed by atoms with Gasteiger partial charge in [0, 0.05) is 53.9 Å². The maximum atomic E-state index is 13.6. The summed E-state index contributed by atoms with van der Waals surface area (Å²) in [6, 6.07) is 19.5. The lowest BCUT2D eigenvalue weighted by Gasteiger charge is -2.44. The smallest absolute Gasteiger partial charge is 0.262 e. The zero-order valence-corrected chi connectivity index (χ0v) is 30.7. The van der Waals surface area contributed by atoms with E-state index in [-0.39, 0.29) is 17.2 Å². The van der Waals surface area contributed by atoms with Gasteiger partial charge in [-0.2, -0.15) is 0 Å². The van der Waals surface area contributed by atoms with Crippen molar-refractivity contribution in [3.63, 3.8) is 0 Å². The van der Waals surface area contributed by atoms with Gasteiger partial charge in [0.1, 0.15) is 11.8 Å². The number of nitrogens with one attached hydrogen (secondary N) is 1. The summed E-state index contributed by atoms with van der Waals surface area (Å²) in [6.45, 7) is 10.7. The van der Waals surface area contributed by atoms with Gasteiger partial charge in [-0.15, -0.1) is 11.3 Å². The number of carbonyl (C=O) groups excluding carboxylic acids is 2. The maximum absolute atomic E-state index is 13.6. The number of rotatable bonds is 15. The Bertz CT molecular complexity index is 1650. The van der Waals surface area contributed by atoms with Crippen LogP contribution in [0.5, 0.6) is 5.75 Å². The van der Waals surface area contributed by atoms with Crippen molar-refractivity contribution < 1.29 is 14.3 Å². The van der Waals surface area contributed by atoms with Gasteiger partial charge in [-0.3, -0.25) is 9.59 Å². The molecule has 49 heavy (non-hydrogen) atoms. The first-order chi connectivity index (χ1) is 23.5. The molecule has 1 atom stereocenters.